The number of carbonyl (C=O) groups excluding carboxylic acids is 1. The topological polar surface area (TPSA) is 66.9 Å². The fraction of sp³-hybridized carbons (Fsp3) is 0.312. The molecule has 2 aromatic rings. The molecule has 0 atom stereocenters. The van der Waals surface area contributed by atoms with Crippen molar-refractivity contribution in [1.29, 1.82) is 0 Å². The Bertz CT molecular complexity index is 721. The van der Waals surface area contributed by atoms with E-state index in [-0.39, 0.29) is 17.1 Å². The predicted octanol–water partition coefficient (Wildman–Crippen LogP) is 4.36. The van der Waals surface area contributed by atoms with Crippen LogP contribution in [0.4, 0.5) is 11.5 Å². The van der Waals surface area contributed by atoms with E-state index in [1.54, 1.807) is 31.2 Å². The molecule has 1 aromatic heterocycles. The highest BCUT2D eigenvalue weighted by Crippen LogP contribution is 2.32. The predicted molar refractivity (Wildman–Crippen MR) is 93.7 cm³/mol. The van der Waals surface area contributed by atoms with Gasteiger partial charge in [-0.15, -0.1) is 0 Å². The highest BCUT2D eigenvalue weighted by atomic mass is 35.5. The molecule has 2 rings (SSSR count). The number of nitrogens with zero attached hydrogens (tertiary/aromatic N) is 2. The van der Waals surface area contributed by atoms with Gasteiger partial charge in [-0.3, -0.25) is 4.79 Å². The maximum Gasteiger partial charge on any atom is 0.270 e. The number of hydrogen-bond acceptors (Lipinski definition) is 4. The Balaban J connectivity index is 2.33. The average Bonchev–Trinajstić information content (AvgIpc) is 2.40. The first kappa shape index (κ1) is 17.5. The van der Waals surface area contributed by atoms with Gasteiger partial charge in [0.05, 0.1) is 15.7 Å². The zero-order valence-electron chi connectivity index (χ0n) is 13.4. The lowest BCUT2D eigenvalue weighted by Gasteiger charge is -2.20. The lowest BCUT2D eigenvalue weighted by molar-refractivity contribution is 0.0914. The van der Waals surface area contributed by atoms with Crippen LogP contribution < -0.4 is 10.6 Å². The van der Waals surface area contributed by atoms with Gasteiger partial charge in [0.15, 0.2) is 0 Å². The molecule has 0 saturated heterocycles. The maximum absolute atomic E-state index is 12.3. The highest BCUT2D eigenvalue weighted by molar-refractivity contribution is 6.39. The van der Waals surface area contributed by atoms with Crippen molar-refractivity contribution in [2.75, 3.05) is 5.32 Å². The minimum absolute atomic E-state index is 0.267. The van der Waals surface area contributed by atoms with Gasteiger partial charge in [-0.2, -0.15) is 0 Å². The van der Waals surface area contributed by atoms with Crippen LogP contribution in [-0.2, 0) is 0 Å². The molecular formula is C16H18Cl2N4O. The summed E-state index contributed by atoms with van der Waals surface area (Å²) < 4.78 is 0. The summed E-state index contributed by atoms with van der Waals surface area (Å²) in [6.45, 7) is 7.43. The summed E-state index contributed by atoms with van der Waals surface area (Å²) in [7, 11) is 0. The van der Waals surface area contributed by atoms with Crippen LogP contribution >= 0.6 is 23.2 Å². The second-order valence-electron chi connectivity index (χ2n) is 6.11. The molecule has 2 N–H and O–H groups in total. The first-order valence-corrected chi connectivity index (χ1v) is 7.80. The Morgan fingerprint density at radius 3 is 2.30 bits per heavy atom. The van der Waals surface area contributed by atoms with Crippen molar-refractivity contribution in [3.05, 3.63) is 45.8 Å². The number of carbonyl (C=O) groups is 1. The lowest BCUT2D eigenvalue weighted by Crippen LogP contribution is -2.41. The molecule has 5 nitrogen and oxygen atoms in total. The molecule has 0 aliphatic carbocycles. The van der Waals surface area contributed by atoms with Crippen molar-refractivity contribution in [2.45, 2.75) is 33.2 Å². The smallest absolute Gasteiger partial charge is 0.270 e. The zero-order valence-corrected chi connectivity index (χ0v) is 14.9. The maximum atomic E-state index is 12.3. The number of aryl methyl sites for hydroxylation is 1. The van der Waals surface area contributed by atoms with E-state index < -0.39 is 0 Å². The number of hydrogen-bond donors (Lipinski definition) is 2. The van der Waals surface area contributed by atoms with Crippen molar-refractivity contribution in [1.82, 2.24) is 15.3 Å². The summed E-state index contributed by atoms with van der Waals surface area (Å²) in [6.07, 6.45) is 0. The third-order valence-corrected chi connectivity index (χ3v) is 3.40. The van der Waals surface area contributed by atoms with Gasteiger partial charge >= 0.3 is 0 Å². The normalized spacial score (nSPS) is 11.2. The number of aromatic nitrogens is 2. The second-order valence-corrected chi connectivity index (χ2v) is 6.93. The molecule has 1 amide bonds. The molecule has 0 bridgehead atoms. The number of nitrogens with one attached hydrogen (secondary N) is 2. The van der Waals surface area contributed by atoms with Crippen LogP contribution in [0.2, 0.25) is 10.0 Å². The van der Waals surface area contributed by atoms with E-state index in [9.17, 15) is 4.79 Å². The number of para-hydroxylation sites is 1. The molecule has 1 heterocycles. The van der Waals surface area contributed by atoms with Gasteiger partial charge in [-0.1, -0.05) is 29.3 Å². The van der Waals surface area contributed by atoms with E-state index in [4.69, 9.17) is 23.2 Å². The zero-order chi connectivity index (χ0) is 17.2. The van der Waals surface area contributed by atoms with Crippen LogP contribution in [0.15, 0.2) is 24.3 Å². The molecule has 0 spiro atoms. The summed E-state index contributed by atoms with van der Waals surface area (Å²) in [6, 6.07) is 6.76. The van der Waals surface area contributed by atoms with E-state index in [1.807, 2.05) is 20.8 Å². The largest absolute Gasteiger partial charge is 0.346 e. The first-order chi connectivity index (χ1) is 10.7. The molecular weight excluding hydrogens is 335 g/mol. The summed E-state index contributed by atoms with van der Waals surface area (Å²) in [4.78, 5) is 20.7. The van der Waals surface area contributed by atoms with Crippen LogP contribution in [0.5, 0.6) is 0 Å². The molecule has 23 heavy (non-hydrogen) atoms. The van der Waals surface area contributed by atoms with E-state index >= 15 is 0 Å². The Labute approximate surface area is 145 Å². The monoisotopic (exact) mass is 352 g/mol. The van der Waals surface area contributed by atoms with Gasteiger partial charge < -0.3 is 10.6 Å². The Kier molecular flexibility index (Phi) is 5.12. The highest BCUT2D eigenvalue weighted by Gasteiger charge is 2.18. The summed E-state index contributed by atoms with van der Waals surface area (Å²) >= 11 is 12.3. The quantitative estimate of drug-likeness (QED) is 0.860. The number of benzene rings is 1. The van der Waals surface area contributed by atoms with Gasteiger partial charge in [0.1, 0.15) is 17.3 Å². The number of rotatable bonds is 3. The fourth-order valence-electron chi connectivity index (χ4n) is 1.90. The standard InChI is InChI=1S/C16H18Cl2N4O/c1-9-19-12(15(23)22-16(2,3)4)8-13(20-9)21-14-10(17)6-5-7-11(14)18/h5-8H,1-4H3,(H,22,23)(H,19,20,21). The van der Waals surface area contributed by atoms with Crippen molar-refractivity contribution in [2.24, 2.45) is 0 Å². The van der Waals surface area contributed by atoms with Crippen LogP contribution in [0.25, 0.3) is 0 Å². The van der Waals surface area contributed by atoms with E-state index in [2.05, 4.69) is 20.6 Å². The molecule has 122 valence electrons. The molecule has 0 saturated carbocycles. The Hall–Kier alpha value is -1.85. The summed E-state index contributed by atoms with van der Waals surface area (Å²) in [5.41, 5.74) is 0.462. The molecule has 0 unspecified atom stereocenters. The molecule has 1 aromatic carbocycles. The first-order valence-electron chi connectivity index (χ1n) is 7.05. The van der Waals surface area contributed by atoms with Gasteiger partial charge in [-0.25, -0.2) is 9.97 Å². The third kappa shape index (κ3) is 4.81. The third-order valence-electron chi connectivity index (χ3n) is 2.77. The van der Waals surface area contributed by atoms with Crippen LogP contribution in [0, 0.1) is 6.92 Å². The van der Waals surface area contributed by atoms with Gasteiger partial charge in [-0.05, 0) is 39.8 Å². The SMILES string of the molecule is Cc1nc(Nc2c(Cl)cccc2Cl)cc(C(=O)NC(C)(C)C)n1. The fourth-order valence-corrected chi connectivity index (χ4v) is 2.39. The second kappa shape index (κ2) is 6.72. The van der Waals surface area contributed by atoms with Crippen molar-refractivity contribution < 1.29 is 4.79 Å². The summed E-state index contributed by atoms with van der Waals surface area (Å²) in [5, 5.41) is 6.85. The number of halogens is 2. The lowest BCUT2D eigenvalue weighted by atomic mass is 10.1. The molecule has 0 fully saturated rings. The van der Waals surface area contributed by atoms with E-state index in [0.29, 0.717) is 27.4 Å². The van der Waals surface area contributed by atoms with E-state index in [0.717, 1.165) is 0 Å². The van der Waals surface area contributed by atoms with Crippen molar-refractivity contribution in [3.63, 3.8) is 0 Å². The number of anilines is 2. The van der Waals surface area contributed by atoms with Gasteiger partial charge in [0.2, 0.25) is 0 Å². The Morgan fingerprint density at radius 2 is 1.74 bits per heavy atom. The molecule has 7 heteroatoms. The van der Waals surface area contributed by atoms with Crippen LogP contribution in [0.1, 0.15) is 37.1 Å². The van der Waals surface area contributed by atoms with Crippen molar-refractivity contribution in [3.8, 4) is 0 Å². The Morgan fingerprint density at radius 1 is 1.13 bits per heavy atom. The molecule has 0 aliphatic rings. The molecule has 0 radical (unpaired) electrons. The van der Waals surface area contributed by atoms with Crippen LogP contribution in [-0.4, -0.2) is 21.4 Å². The van der Waals surface area contributed by atoms with Gasteiger partial charge in [0, 0.05) is 11.6 Å². The van der Waals surface area contributed by atoms with Crippen molar-refractivity contribution >= 4 is 40.6 Å². The summed E-state index contributed by atoms with van der Waals surface area (Å²) in [5.74, 6) is 0.653. The molecule has 0 aliphatic heterocycles. The minimum Gasteiger partial charge on any atom is -0.346 e. The van der Waals surface area contributed by atoms with Gasteiger partial charge in [0.25, 0.3) is 5.91 Å². The van der Waals surface area contributed by atoms with E-state index in [1.165, 1.54) is 0 Å². The number of amides is 1. The van der Waals surface area contributed by atoms with Crippen LogP contribution in [0.3, 0.4) is 0 Å². The average molecular weight is 353 g/mol. The minimum atomic E-state index is -0.352.